The van der Waals surface area contributed by atoms with Crippen LogP contribution in [0.5, 0.6) is 5.75 Å². The number of fused-ring (bicyclic) bond motifs is 1. The molecule has 2 amide bonds. The Morgan fingerprint density at radius 2 is 1.97 bits per heavy atom. The van der Waals surface area contributed by atoms with Crippen molar-refractivity contribution in [2.24, 2.45) is 5.92 Å². The van der Waals surface area contributed by atoms with E-state index >= 15 is 0 Å². The average Bonchev–Trinajstić information content (AvgIpc) is 3.30. The van der Waals surface area contributed by atoms with Crippen LogP contribution in [0.1, 0.15) is 64.3 Å². The summed E-state index contributed by atoms with van der Waals surface area (Å²) in [5, 5.41) is 6.38. The van der Waals surface area contributed by atoms with Gasteiger partial charge in [0.15, 0.2) is 9.84 Å². The van der Waals surface area contributed by atoms with Gasteiger partial charge in [0.25, 0.3) is 11.8 Å². The molecule has 2 N–H and O–H groups in total. The Morgan fingerprint density at radius 3 is 2.70 bits per heavy atom. The summed E-state index contributed by atoms with van der Waals surface area (Å²) in [5.74, 6) is 0.440. The van der Waals surface area contributed by atoms with Crippen LogP contribution < -0.4 is 15.4 Å². The Hall–Kier alpha value is -2.39. The van der Waals surface area contributed by atoms with Crippen molar-refractivity contribution < 1.29 is 22.7 Å². The number of sulfone groups is 1. The van der Waals surface area contributed by atoms with E-state index in [9.17, 15) is 18.0 Å². The van der Waals surface area contributed by atoms with E-state index in [4.69, 9.17) is 4.74 Å². The molecule has 4 rings (SSSR count). The number of carbonyl (C=O) groups excluding carboxylic acids is 2. The van der Waals surface area contributed by atoms with Gasteiger partial charge >= 0.3 is 0 Å². The van der Waals surface area contributed by atoms with Gasteiger partial charge < -0.3 is 15.4 Å². The molecule has 0 spiro atoms. The van der Waals surface area contributed by atoms with Crippen LogP contribution in [0.15, 0.2) is 24.3 Å². The van der Waals surface area contributed by atoms with Gasteiger partial charge in [-0.1, -0.05) is 26.0 Å². The highest BCUT2D eigenvalue weighted by Crippen LogP contribution is 2.40. The van der Waals surface area contributed by atoms with Crippen LogP contribution in [-0.4, -0.2) is 44.4 Å². The molecule has 0 radical (unpaired) electrons. The lowest BCUT2D eigenvalue weighted by Crippen LogP contribution is -2.36. The highest BCUT2D eigenvalue weighted by molar-refractivity contribution is 7.91. The first-order chi connectivity index (χ1) is 15.8. The molecule has 1 aromatic carbocycles. The van der Waals surface area contributed by atoms with Crippen LogP contribution in [0.4, 0.5) is 5.00 Å². The standard InChI is InChI=1S/C24H30N2O5S2/c1-3-11-31-19-7-5-4-6-17(19)22(27)26-24-21(18-9-8-15(2)13-20(18)32-24)23(28)25-16-10-12-33(29,30)14-16/h4-7,15-16H,3,8-14H2,1-2H3,(H,25,28)(H,26,27). The molecule has 1 saturated heterocycles. The van der Waals surface area contributed by atoms with Crippen LogP contribution >= 0.6 is 11.3 Å². The Balaban J connectivity index is 1.62. The van der Waals surface area contributed by atoms with Crippen molar-refractivity contribution in [2.75, 3.05) is 23.4 Å². The zero-order valence-corrected chi connectivity index (χ0v) is 20.6. The second-order valence-electron chi connectivity index (χ2n) is 8.93. The molecular formula is C24H30N2O5S2. The fraction of sp³-hybridized carbons (Fsp3) is 0.500. The van der Waals surface area contributed by atoms with Crippen LogP contribution in [0, 0.1) is 5.92 Å². The molecule has 2 aromatic rings. The summed E-state index contributed by atoms with van der Waals surface area (Å²) >= 11 is 1.45. The number of hydrogen-bond acceptors (Lipinski definition) is 6. The molecule has 1 fully saturated rings. The van der Waals surface area contributed by atoms with Gasteiger partial charge in [0, 0.05) is 10.9 Å². The molecule has 33 heavy (non-hydrogen) atoms. The van der Waals surface area contributed by atoms with Gasteiger partial charge in [0.1, 0.15) is 10.8 Å². The monoisotopic (exact) mass is 490 g/mol. The third kappa shape index (κ3) is 5.41. The zero-order valence-electron chi connectivity index (χ0n) is 19.0. The number of anilines is 1. The SMILES string of the molecule is CCCOc1ccccc1C(=O)Nc1sc2c(c1C(=O)NC1CCS(=O)(=O)C1)CCC(C)C2. The maximum Gasteiger partial charge on any atom is 0.260 e. The van der Waals surface area contributed by atoms with Crippen LogP contribution in [0.25, 0.3) is 0 Å². The van der Waals surface area contributed by atoms with E-state index in [1.54, 1.807) is 18.2 Å². The number of para-hydroxylation sites is 1. The number of benzene rings is 1. The van der Waals surface area contributed by atoms with E-state index in [1.165, 1.54) is 11.3 Å². The third-order valence-electron chi connectivity index (χ3n) is 6.13. The summed E-state index contributed by atoms with van der Waals surface area (Å²) in [4.78, 5) is 27.6. The van der Waals surface area contributed by atoms with Gasteiger partial charge in [-0.3, -0.25) is 9.59 Å². The van der Waals surface area contributed by atoms with Gasteiger partial charge in [-0.15, -0.1) is 11.3 Å². The number of nitrogens with one attached hydrogen (secondary N) is 2. The first-order valence-electron chi connectivity index (χ1n) is 11.5. The van der Waals surface area contributed by atoms with Crippen molar-refractivity contribution in [2.45, 2.75) is 52.0 Å². The lowest BCUT2D eigenvalue weighted by Gasteiger charge is -2.19. The number of carbonyl (C=O) groups is 2. The van der Waals surface area contributed by atoms with Crippen LogP contribution in [0.3, 0.4) is 0 Å². The molecule has 0 bridgehead atoms. The minimum Gasteiger partial charge on any atom is -0.493 e. The second-order valence-corrected chi connectivity index (χ2v) is 12.3. The fourth-order valence-corrected chi connectivity index (χ4v) is 7.48. The highest BCUT2D eigenvalue weighted by atomic mass is 32.2. The van der Waals surface area contributed by atoms with Gasteiger partial charge in [-0.05, 0) is 55.7 Å². The smallest absolute Gasteiger partial charge is 0.260 e. The van der Waals surface area contributed by atoms with E-state index in [0.29, 0.717) is 40.8 Å². The van der Waals surface area contributed by atoms with Crippen molar-refractivity contribution in [3.8, 4) is 5.75 Å². The predicted octanol–water partition coefficient (Wildman–Crippen LogP) is 3.83. The Labute approximate surface area is 198 Å². The molecule has 178 valence electrons. The predicted molar refractivity (Wildman–Crippen MR) is 130 cm³/mol. The largest absolute Gasteiger partial charge is 0.493 e. The number of hydrogen-bond donors (Lipinski definition) is 2. The second kappa shape index (κ2) is 9.85. The van der Waals surface area contributed by atoms with E-state index in [1.807, 2.05) is 13.0 Å². The quantitative estimate of drug-likeness (QED) is 0.614. The van der Waals surface area contributed by atoms with Gasteiger partial charge in [0.2, 0.25) is 0 Å². The van der Waals surface area contributed by atoms with Crippen molar-refractivity contribution in [3.63, 3.8) is 0 Å². The molecule has 1 aromatic heterocycles. The minimum absolute atomic E-state index is 0.0358. The lowest BCUT2D eigenvalue weighted by molar-refractivity contribution is 0.0941. The highest BCUT2D eigenvalue weighted by Gasteiger charge is 2.33. The van der Waals surface area contributed by atoms with Crippen LogP contribution in [-0.2, 0) is 22.7 Å². The third-order valence-corrected chi connectivity index (χ3v) is 9.06. The van der Waals surface area contributed by atoms with Crippen LogP contribution in [0.2, 0.25) is 0 Å². The summed E-state index contributed by atoms with van der Waals surface area (Å²) < 4.78 is 29.4. The molecule has 0 saturated carbocycles. The van der Waals surface area contributed by atoms with Crippen molar-refractivity contribution in [3.05, 3.63) is 45.8 Å². The summed E-state index contributed by atoms with van der Waals surface area (Å²) in [7, 11) is -3.11. The van der Waals surface area contributed by atoms with Gasteiger partial charge in [-0.25, -0.2) is 8.42 Å². The number of amides is 2. The summed E-state index contributed by atoms with van der Waals surface area (Å²) in [5.41, 5.74) is 1.87. The van der Waals surface area contributed by atoms with Gasteiger partial charge in [-0.2, -0.15) is 0 Å². The normalized spacial score (nSPS) is 21.3. The molecule has 2 atom stereocenters. The Bertz CT molecular complexity index is 1160. The maximum atomic E-state index is 13.3. The Kier molecular flexibility index (Phi) is 7.09. The zero-order chi connectivity index (χ0) is 23.6. The molecule has 2 aliphatic rings. The molecule has 7 nitrogen and oxygen atoms in total. The van der Waals surface area contributed by atoms with Crippen molar-refractivity contribution >= 4 is 38.0 Å². The fourth-order valence-electron chi connectivity index (χ4n) is 4.41. The summed E-state index contributed by atoms with van der Waals surface area (Å²) in [6.45, 7) is 4.69. The van der Waals surface area contributed by atoms with Gasteiger partial charge in [0.05, 0.1) is 29.2 Å². The molecule has 2 heterocycles. The van der Waals surface area contributed by atoms with E-state index in [0.717, 1.165) is 36.1 Å². The maximum absolute atomic E-state index is 13.3. The number of ether oxygens (including phenoxy) is 1. The van der Waals surface area contributed by atoms with E-state index in [2.05, 4.69) is 17.6 Å². The molecule has 1 aliphatic heterocycles. The van der Waals surface area contributed by atoms with E-state index in [-0.39, 0.29) is 23.3 Å². The Morgan fingerprint density at radius 1 is 1.18 bits per heavy atom. The van der Waals surface area contributed by atoms with Crippen molar-refractivity contribution in [1.29, 1.82) is 0 Å². The topological polar surface area (TPSA) is 102 Å². The summed E-state index contributed by atoms with van der Waals surface area (Å²) in [6, 6.07) is 6.68. The molecule has 1 aliphatic carbocycles. The molecule has 9 heteroatoms. The first-order valence-corrected chi connectivity index (χ1v) is 14.1. The first kappa shape index (κ1) is 23.8. The number of rotatable bonds is 7. The molecule has 2 unspecified atom stereocenters. The van der Waals surface area contributed by atoms with E-state index < -0.39 is 15.9 Å². The average molecular weight is 491 g/mol. The summed E-state index contributed by atoms with van der Waals surface area (Å²) in [6.07, 6.45) is 3.85. The molecular weight excluding hydrogens is 460 g/mol. The minimum atomic E-state index is -3.11. The van der Waals surface area contributed by atoms with Crippen molar-refractivity contribution in [1.82, 2.24) is 5.32 Å². The lowest BCUT2D eigenvalue weighted by atomic mass is 9.88. The number of thiophene rings is 1.